The average molecular weight is 260 g/mol. The van der Waals surface area contributed by atoms with Crippen LogP contribution in [0, 0.1) is 5.82 Å². The van der Waals surface area contributed by atoms with E-state index >= 15 is 0 Å². The molecule has 1 aromatic rings. The van der Waals surface area contributed by atoms with Gasteiger partial charge in [-0.15, -0.1) is 0 Å². The first-order chi connectivity index (χ1) is 6.59. The monoisotopic (exact) mass is 259 g/mol. The molecule has 1 saturated carbocycles. The average Bonchev–Trinajstić information content (AvgIpc) is 2.87. The van der Waals surface area contributed by atoms with E-state index in [2.05, 4.69) is 15.9 Å². The number of halogens is 2. The zero-order chi connectivity index (χ0) is 10.2. The summed E-state index contributed by atoms with van der Waals surface area (Å²) in [4.78, 5) is 0. The molecular formula is C10H11BrFNO. The van der Waals surface area contributed by atoms with Gasteiger partial charge in [-0.3, -0.25) is 0 Å². The molecule has 0 radical (unpaired) electrons. The SMILES string of the molecule is NC1(COc2ccc(F)c(Br)c2)CC1. The molecule has 1 aliphatic rings. The summed E-state index contributed by atoms with van der Waals surface area (Å²) < 4.78 is 18.7. The lowest BCUT2D eigenvalue weighted by molar-refractivity contribution is 0.279. The van der Waals surface area contributed by atoms with Crippen LogP contribution < -0.4 is 10.5 Å². The highest BCUT2D eigenvalue weighted by atomic mass is 79.9. The Morgan fingerprint density at radius 2 is 2.21 bits per heavy atom. The molecule has 14 heavy (non-hydrogen) atoms. The summed E-state index contributed by atoms with van der Waals surface area (Å²) in [6.45, 7) is 0.505. The lowest BCUT2D eigenvalue weighted by Crippen LogP contribution is -2.29. The molecule has 0 aliphatic heterocycles. The Kier molecular flexibility index (Phi) is 2.49. The second-order valence-electron chi connectivity index (χ2n) is 3.73. The van der Waals surface area contributed by atoms with E-state index in [-0.39, 0.29) is 11.4 Å². The molecule has 0 unspecified atom stereocenters. The summed E-state index contributed by atoms with van der Waals surface area (Å²) in [6.07, 6.45) is 2.02. The molecule has 0 spiro atoms. The number of hydrogen-bond donors (Lipinski definition) is 1. The van der Waals surface area contributed by atoms with Gasteiger partial charge in [-0.05, 0) is 47.0 Å². The molecule has 1 aromatic carbocycles. The van der Waals surface area contributed by atoms with Crippen molar-refractivity contribution in [3.63, 3.8) is 0 Å². The smallest absolute Gasteiger partial charge is 0.137 e. The van der Waals surface area contributed by atoms with Gasteiger partial charge in [0, 0.05) is 0 Å². The summed E-state index contributed by atoms with van der Waals surface area (Å²) in [5, 5.41) is 0. The predicted molar refractivity (Wildman–Crippen MR) is 55.7 cm³/mol. The molecule has 0 aromatic heterocycles. The van der Waals surface area contributed by atoms with Gasteiger partial charge in [0.25, 0.3) is 0 Å². The Labute approximate surface area is 90.4 Å². The van der Waals surface area contributed by atoms with Crippen LogP contribution in [0.25, 0.3) is 0 Å². The van der Waals surface area contributed by atoms with Crippen LogP contribution in [-0.4, -0.2) is 12.1 Å². The van der Waals surface area contributed by atoms with Gasteiger partial charge in [-0.2, -0.15) is 0 Å². The van der Waals surface area contributed by atoms with Crippen LogP contribution in [0.5, 0.6) is 5.75 Å². The lowest BCUT2D eigenvalue weighted by Gasteiger charge is -2.11. The second-order valence-corrected chi connectivity index (χ2v) is 4.58. The van der Waals surface area contributed by atoms with Crippen molar-refractivity contribution in [1.82, 2.24) is 0 Å². The molecular weight excluding hydrogens is 249 g/mol. The van der Waals surface area contributed by atoms with E-state index in [1.165, 1.54) is 6.07 Å². The molecule has 0 heterocycles. The van der Waals surface area contributed by atoms with Gasteiger partial charge in [-0.1, -0.05) is 0 Å². The lowest BCUT2D eigenvalue weighted by atomic mass is 10.3. The number of ether oxygens (including phenoxy) is 1. The third-order valence-electron chi connectivity index (χ3n) is 2.31. The Balaban J connectivity index is 1.99. The van der Waals surface area contributed by atoms with Crippen molar-refractivity contribution in [3.05, 3.63) is 28.5 Å². The molecule has 0 bridgehead atoms. The summed E-state index contributed by atoms with van der Waals surface area (Å²) in [5.74, 6) is 0.362. The topological polar surface area (TPSA) is 35.2 Å². The van der Waals surface area contributed by atoms with E-state index < -0.39 is 0 Å². The van der Waals surface area contributed by atoms with E-state index in [0.717, 1.165) is 12.8 Å². The molecule has 2 rings (SSSR count). The number of benzene rings is 1. The van der Waals surface area contributed by atoms with E-state index in [1.54, 1.807) is 12.1 Å². The van der Waals surface area contributed by atoms with Crippen LogP contribution in [0.15, 0.2) is 22.7 Å². The Morgan fingerprint density at radius 1 is 1.50 bits per heavy atom. The van der Waals surface area contributed by atoms with Crippen LogP contribution in [0.1, 0.15) is 12.8 Å². The van der Waals surface area contributed by atoms with Gasteiger partial charge in [0.1, 0.15) is 18.2 Å². The zero-order valence-corrected chi connectivity index (χ0v) is 9.18. The normalized spacial score (nSPS) is 17.9. The van der Waals surface area contributed by atoms with E-state index in [0.29, 0.717) is 16.8 Å². The second kappa shape index (κ2) is 3.51. The highest BCUT2D eigenvalue weighted by Crippen LogP contribution is 2.33. The number of nitrogens with two attached hydrogens (primary N) is 1. The maximum Gasteiger partial charge on any atom is 0.137 e. The largest absolute Gasteiger partial charge is 0.492 e. The summed E-state index contributed by atoms with van der Waals surface area (Å²) >= 11 is 3.10. The highest BCUT2D eigenvalue weighted by Gasteiger charge is 2.39. The maximum absolute atomic E-state index is 12.9. The molecule has 2 N–H and O–H groups in total. The minimum absolute atomic E-state index is 0.138. The quantitative estimate of drug-likeness (QED) is 0.906. The first kappa shape index (κ1) is 9.93. The number of hydrogen-bond acceptors (Lipinski definition) is 2. The fourth-order valence-electron chi connectivity index (χ4n) is 1.10. The minimum atomic E-state index is -0.286. The molecule has 2 nitrogen and oxygen atoms in total. The van der Waals surface area contributed by atoms with Crippen molar-refractivity contribution >= 4 is 15.9 Å². The standard InChI is InChI=1S/C10H11BrFNO/c11-8-5-7(1-2-9(8)12)14-6-10(13)3-4-10/h1-2,5H,3-4,6,13H2. The minimum Gasteiger partial charge on any atom is -0.492 e. The third kappa shape index (κ3) is 2.25. The van der Waals surface area contributed by atoms with Gasteiger partial charge in [-0.25, -0.2) is 4.39 Å². The molecule has 1 aliphatic carbocycles. The van der Waals surface area contributed by atoms with Crippen molar-refractivity contribution in [2.75, 3.05) is 6.61 Å². The van der Waals surface area contributed by atoms with Crippen molar-refractivity contribution < 1.29 is 9.13 Å². The highest BCUT2D eigenvalue weighted by molar-refractivity contribution is 9.10. The van der Waals surface area contributed by atoms with Crippen molar-refractivity contribution in [1.29, 1.82) is 0 Å². The van der Waals surface area contributed by atoms with E-state index in [9.17, 15) is 4.39 Å². The third-order valence-corrected chi connectivity index (χ3v) is 2.92. The van der Waals surface area contributed by atoms with Crippen LogP contribution in [0.2, 0.25) is 0 Å². The van der Waals surface area contributed by atoms with E-state index in [1.807, 2.05) is 0 Å². The number of rotatable bonds is 3. The van der Waals surface area contributed by atoms with Gasteiger partial charge in [0.05, 0.1) is 10.0 Å². The summed E-state index contributed by atoms with van der Waals surface area (Å²) in [5.41, 5.74) is 5.71. The van der Waals surface area contributed by atoms with Gasteiger partial charge >= 0.3 is 0 Å². The molecule has 0 atom stereocenters. The molecule has 76 valence electrons. The first-order valence-electron chi connectivity index (χ1n) is 4.46. The summed E-state index contributed by atoms with van der Waals surface area (Å²) in [7, 11) is 0. The van der Waals surface area contributed by atoms with Crippen LogP contribution in [0.3, 0.4) is 0 Å². The fraction of sp³-hybridized carbons (Fsp3) is 0.400. The zero-order valence-electron chi connectivity index (χ0n) is 7.59. The predicted octanol–water partition coefficient (Wildman–Crippen LogP) is 2.46. The maximum atomic E-state index is 12.9. The van der Waals surface area contributed by atoms with Crippen molar-refractivity contribution in [2.24, 2.45) is 5.73 Å². The van der Waals surface area contributed by atoms with Crippen molar-refractivity contribution in [3.8, 4) is 5.75 Å². The van der Waals surface area contributed by atoms with Crippen LogP contribution >= 0.6 is 15.9 Å². The van der Waals surface area contributed by atoms with Crippen molar-refractivity contribution in [2.45, 2.75) is 18.4 Å². The fourth-order valence-corrected chi connectivity index (χ4v) is 1.46. The molecule has 0 saturated heterocycles. The summed E-state index contributed by atoms with van der Waals surface area (Å²) in [6, 6.07) is 4.59. The van der Waals surface area contributed by atoms with Gasteiger partial charge in [0.2, 0.25) is 0 Å². The van der Waals surface area contributed by atoms with E-state index in [4.69, 9.17) is 10.5 Å². The molecule has 4 heteroatoms. The molecule has 0 amide bonds. The van der Waals surface area contributed by atoms with Crippen LogP contribution in [-0.2, 0) is 0 Å². The van der Waals surface area contributed by atoms with Gasteiger partial charge < -0.3 is 10.5 Å². The Hall–Kier alpha value is -0.610. The Morgan fingerprint density at radius 3 is 2.79 bits per heavy atom. The molecule has 1 fully saturated rings. The van der Waals surface area contributed by atoms with Gasteiger partial charge in [0.15, 0.2) is 0 Å². The van der Waals surface area contributed by atoms with Crippen LogP contribution in [0.4, 0.5) is 4.39 Å². The first-order valence-corrected chi connectivity index (χ1v) is 5.25. The Bertz CT molecular complexity index is 352.